The zero-order valence-electron chi connectivity index (χ0n) is 21.1. The predicted octanol–water partition coefficient (Wildman–Crippen LogP) is 6.91. The highest BCUT2D eigenvalue weighted by Crippen LogP contribution is 2.39. The largest absolute Gasteiger partial charge is 0.481 e. The van der Waals surface area contributed by atoms with E-state index in [1.54, 1.807) is 0 Å². The number of carbonyl (C=O) groups is 2. The van der Waals surface area contributed by atoms with E-state index in [0.717, 1.165) is 19.3 Å². The van der Waals surface area contributed by atoms with Crippen LogP contribution in [0.15, 0.2) is 11.6 Å². The molecule has 33 heavy (non-hydrogen) atoms. The predicted molar refractivity (Wildman–Crippen MR) is 138 cm³/mol. The average Bonchev–Trinajstić information content (AvgIpc) is 2.80. The second-order valence-corrected chi connectivity index (χ2v) is 10.6. The SMILES string of the molecule is CCCCCCCCCCCCC/C=C1\CC[C@@H](CCCC(=O)O)[C@H](O)[C@H]1SCC(=O)OC. The standard InChI is InChI=1S/C27H48O5S/c1-3-4-5-6-7-8-9-10-11-12-13-14-16-23-20-19-22(17-15-18-24(28)29)26(31)27(23)33-21-25(30)32-2/h16,22,26-27,31H,3-15,17-21H2,1-2H3,(H,28,29)/b23-16+/t22-,26+,27+/m1/s1. The topological polar surface area (TPSA) is 83.8 Å². The summed E-state index contributed by atoms with van der Waals surface area (Å²) in [6.45, 7) is 2.26. The Labute approximate surface area is 206 Å². The second kappa shape index (κ2) is 19.3. The van der Waals surface area contributed by atoms with Gasteiger partial charge in [0, 0.05) is 6.42 Å². The summed E-state index contributed by atoms with van der Waals surface area (Å²) >= 11 is 1.46. The van der Waals surface area contributed by atoms with Gasteiger partial charge in [0.2, 0.25) is 0 Å². The molecule has 0 heterocycles. The van der Waals surface area contributed by atoms with Crippen LogP contribution in [0.25, 0.3) is 0 Å². The summed E-state index contributed by atoms with van der Waals surface area (Å²) in [5.41, 5.74) is 1.25. The van der Waals surface area contributed by atoms with Crippen molar-refractivity contribution in [1.29, 1.82) is 0 Å². The molecule has 0 spiro atoms. The summed E-state index contributed by atoms with van der Waals surface area (Å²) in [7, 11) is 1.39. The number of carbonyl (C=O) groups excluding carboxylic acids is 1. The average molecular weight is 485 g/mol. The Morgan fingerprint density at radius 2 is 1.61 bits per heavy atom. The van der Waals surface area contributed by atoms with Crippen LogP contribution in [-0.4, -0.2) is 46.4 Å². The zero-order chi connectivity index (χ0) is 24.3. The molecule has 1 aliphatic rings. The van der Waals surface area contributed by atoms with Gasteiger partial charge >= 0.3 is 11.9 Å². The zero-order valence-corrected chi connectivity index (χ0v) is 21.9. The Morgan fingerprint density at radius 1 is 1.00 bits per heavy atom. The third-order valence-corrected chi connectivity index (χ3v) is 8.09. The van der Waals surface area contributed by atoms with Gasteiger partial charge in [-0.15, -0.1) is 11.8 Å². The summed E-state index contributed by atoms with van der Waals surface area (Å²) in [6, 6.07) is 0. The lowest BCUT2D eigenvalue weighted by Crippen LogP contribution is -2.38. The fourth-order valence-electron chi connectivity index (χ4n) is 4.70. The van der Waals surface area contributed by atoms with Gasteiger partial charge in [-0.3, -0.25) is 9.59 Å². The monoisotopic (exact) mass is 484 g/mol. The highest BCUT2D eigenvalue weighted by molar-refractivity contribution is 8.00. The van der Waals surface area contributed by atoms with Crippen LogP contribution in [0.1, 0.15) is 116 Å². The van der Waals surface area contributed by atoms with Crippen molar-refractivity contribution < 1.29 is 24.5 Å². The van der Waals surface area contributed by atoms with Crippen LogP contribution in [-0.2, 0) is 14.3 Å². The van der Waals surface area contributed by atoms with E-state index >= 15 is 0 Å². The van der Waals surface area contributed by atoms with Crippen molar-refractivity contribution in [2.24, 2.45) is 5.92 Å². The second-order valence-electron chi connectivity index (χ2n) is 9.49. The minimum Gasteiger partial charge on any atom is -0.481 e. The maximum absolute atomic E-state index is 11.7. The number of rotatable bonds is 19. The van der Waals surface area contributed by atoms with Gasteiger partial charge in [-0.25, -0.2) is 0 Å². The van der Waals surface area contributed by atoms with Gasteiger partial charge < -0.3 is 14.9 Å². The number of aliphatic carboxylic acids is 1. The molecule has 6 heteroatoms. The number of methoxy groups -OCH3 is 1. The van der Waals surface area contributed by atoms with Crippen LogP contribution < -0.4 is 0 Å². The van der Waals surface area contributed by atoms with Crippen molar-refractivity contribution in [3.63, 3.8) is 0 Å². The highest BCUT2D eigenvalue weighted by atomic mass is 32.2. The molecule has 0 unspecified atom stereocenters. The van der Waals surface area contributed by atoms with E-state index in [2.05, 4.69) is 13.0 Å². The first-order chi connectivity index (χ1) is 16.0. The number of hydrogen-bond acceptors (Lipinski definition) is 5. The minimum absolute atomic E-state index is 0.0959. The number of carboxylic acid groups (broad SMARTS) is 1. The molecule has 0 aliphatic heterocycles. The lowest BCUT2D eigenvalue weighted by molar-refractivity contribution is -0.138. The van der Waals surface area contributed by atoms with E-state index in [-0.39, 0.29) is 29.3 Å². The van der Waals surface area contributed by atoms with Crippen molar-refractivity contribution in [2.75, 3.05) is 12.9 Å². The molecule has 3 atom stereocenters. The number of aliphatic hydroxyl groups excluding tert-OH is 1. The van der Waals surface area contributed by atoms with Gasteiger partial charge in [0.15, 0.2) is 0 Å². The van der Waals surface area contributed by atoms with Gasteiger partial charge in [-0.05, 0) is 44.4 Å². The van der Waals surface area contributed by atoms with Crippen LogP contribution >= 0.6 is 11.8 Å². The van der Waals surface area contributed by atoms with Crippen molar-refractivity contribution >= 4 is 23.7 Å². The molecule has 1 rings (SSSR count). The number of hydrogen-bond donors (Lipinski definition) is 2. The molecule has 1 saturated carbocycles. The van der Waals surface area contributed by atoms with Gasteiger partial charge in [0.05, 0.1) is 24.2 Å². The summed E-state index contributed by atoms with van der Waals surface area (Å²) < 4.78 is 4.78. The van der Waals surface area contributed by atoms with Crippen molar-refractivity contribution in [2.45, 2.75) is 127 Å². The molecule has 0 aromatic rings. The Bertz CT molecular complexity index is 563. The number of allylic oxidation sites excluding steroid dienone is 1. The third-order valence-electron chi connectivity index (χ3n) is 6.75. The van der Waals surface area contributed by atoms with E-state index in [1.807, 2.05) is 0 Å². The minimum atomic E-state index is -0.788. The molecule has 0 amide bonds. The highest BCUT2D eigenvalue weighted by Gasteiger charge is 2.35. The maximum Gasteiger partial charge on any atom is 0.315 e. The fourth-order valence-corrected chi connectivity index (χ4v) is 5.98. The molecule has 0 aromatic heterocycles. The van der Waals surface area contributed by atoms with Crippen LogP contribution in [0.4, 0.5) is 0 Å². The van der Waals surface area contributed by atoms with Crippen LogP contribution in [0.2, 0.25) is 0 Å². The number of unbranched alkanes of at least 4 members (excludes halogenated alkanes) is 11. The molecule has 0 bridgehead atoms. The van der Waals surface area contributed by atoms with Crippen molar-refractivity contribution in [3.8, 4) is 0 Å². The van der Waals surface area contributed by atoms with Crippen LogP contribution in [0.5, 0.6) is 0 Å². The Kier molecular flexibility index (Phi) is 17.6. The number of esters is 1. The van der Waals surface area contributed by atoms with Gasteiger partial charge in [0.25, 0.3) is 0 Å². The Morgan fingerprint density at radius 3 is 2.18 bits per heavy atom. The summed E-state index contributed by atoms with van der Waals surface area (Å²) in [6.07, 6.45) is 20.7. The normalized spacial score (nSPS) is 21.9. The number of ether oxygens (including phenoxy) is 1. The van der Waals surface area contributed by atoms with Crippen molar-refractivity contribution in [1.82, 2.24) is 0 Å². The number of carboxylic acids is 1. The molecule has 0 saturated heterocycles. The number of aliphatic hydroxyl groups is 1. The molecule has 5 nitrogen and oxygen atoms in total. The summed E-state index contributed by atoms with van der Waals surface area (Å²) in [5, 5.41) is 19.8. The maximum atomic E-state index is 11.7. The lowest BCUT2D eigenvalue weighted by Gasteiger charge is -2.36. The first-order valence-corrected chi connectivity index (χ1v) is 14.3. The molecular weight excluding hydrogens is 436 g/mol. The van der Waals surface area contributed by atoms with Crippen molar-refractivity contribution in [3.05, 3.63) is 11.6 Å². The smallest absolute Gasteiger partial charge is 0.315 e. The fraction of sp³-hybridized carbons (Fsp3) is 0.852. The first-order valence-electron chi connectivity index (χ1n) is 13.3. The van der Waals surface area contributed by atoms with E-state index in [4.69, 9.17) is 9.84 Å². The molecule has 0 radical (unpaired) electrons. The summed E-state index contributed by atoms with van der Waals surface area (Å²) in [5.74, 6) is -0.733. The molecular formula is C27H48O5S. The Hall–Kier alpha value is -1.01. The van der Waals surface area contributed by atoms with E-state index < -0.39 is 12.1 Å². The van der Waals surface area contributed by atoms with Crippen LogP contribution in [0, 0.1) is 5.92 Å². The molecule has 0 aromatic carbocycles. The molecule has 192 valence electrons. The van der Waals surface area contributed by atoms with Gasteiger partial charge in [-0.1, -0.05) is 82.8 Å². The molecule has 1 aliphatic carbocycles. The molecule has 1 fully saturated rings. The third kappa shape index (κ3) is 14.1. The van der Waals surface area contributed by atoms with E-state index in [9.17, 15) is 14.7 Å². The van der Waals surface area contributed by atoms with Gasteiger partial charge in [0.1, 0.15) is 0 Å². The summed E-state index contributed by atoms with van der Waals surface area (Å²) in [4.78, 5) is 22.5. The van der Waals surface area contributed by atoms with E-state index in [0.29, 0.717) is 12.8 Å². The number of thioether (sulfide) groups is 1. The lowest BCUT2D eigenvalue weighted by atomic mass is 9.80. The van der Waals surface area contributed by atoms with Gasteiger partial charge in [-0.2, -0.15) is 0 Å². The quantitative estimate of drug-likeness (QED) is 0.118. The Balaban J connectivity index is 2.37. The van der Waals surface area contributed by atoms with E-state index in [1.165, 1.54) is 95.1 Å². The first kappa shape index (κ1) is 30.0. The molecule has 2 N–H and O–H groups in total. The van der Waals surface area contributed by atoms with Crippen LogP contribution in [0.3, 0.4) is 0 Å².